The molecule has 1 aromatic rings. The lowest BCUT2D eigenvalue weighted by Gasteiger charge is -2.17. The summed E-state index contributed by atoms with van der Waals surface area (Å²) >= 11 is 0. The molecule has 0 atom stereocenters. The number of amides is 1. The van der Waals surface area contributed by atoms with Gasteiger partial charge >= 0.3 is 0 Å². The SMILES string of the molecule is O=C=Nc1cc(F)c2c(c1)CCC(=O)N2. The van der Waals surface area contributed by atoms with Crippen molar-refractivity contribution in [1.82, 2.24) is 0 Å². The van der Waals surface area contributed by atoms with Gasteiger partial charge in [0.2, 0.25) is 12.0 Å². The highest BCUT2D eigenvalue weighted by atomic mass is 19.1. The first kappa shape index (κ1) is 9.55. The zero-order chi connectivity index (χ0) is 10.8. The van der Waals surface area contributed by atoms with E-state index < -0.39 is 5.82 Å². The Balaban J connectivity index is 2.51. The Morgan fingerprint density at radius 3 is 2.93 bits per heavy atom. The van der Waals surface area contributed by atoms with E-state index in [9.17, 15) is 14.0 Å². The number of isocyanates is 1. The average molecular weight is 206 g/mol. The van der Waals surface area contributed by atoms with Crippen LogP contribution < -0.4 is 5.32 Å². The fourth-order valence-electron chi connectivity index (χ4n) is 1.55. The third kappa shape index (κ3) is 1.78. The second-order valence-corrected chi connectivity index (χ2v) is 3.21. The first-order valence-electron chi connectivity index (χ1n) is 4.41. The number of carbonyl (C=O) groups is 1. The van der Waals surface area contributed by atoms with Crippen molar-refractivity contribution < 1.29 is 14.0 Å². The van der Waals surface area contributed by atoms with E-state index in [2.05, 4.69) is 10.3 Å². The van der Waals surface area contributed by atoms with Crippen LogP contribution in [-0.2, 0) is 16.0 Å². The molecule has 5 heteroatoms. The van der Waals surface area contributed by atoms with E-state index in [1.807, 2.05) is 0 Å². The van der Waals surface area contributed by atoms with Crippen molar-refractivity contribution in [2.45, 2.75) is 12.8 Å². The summed E-state index contributed by atoms with van der Waals surface area (Å²) in [6.07, 6.45) is 2.13. The molecule has 1 heterocycles. The third-order valence-electron chi connectivity index (χ3n) is 2.22. The van der Waals surface area contributed by atoms with Crippen LogP contribution in [0.2, 0.25) is 0 Å². The van der Waals surface area contributed by atoms with E-state index >= 15 is 0 Å². The highest BCUT2D eigenvalue weighted by molar-refractivity contribution is 5.94. The maximum atomic E-state index is 13.4. The molecule has 0 fully saturated rings. The predicted octanol–water partition coefficient (Wildman–Crippen LogP) is 1.68. The number of anilines is 1. The molecule has 0 spiro atoms. The summed E-state index contributed by atoms with van der Waals surface area (Å²) in [5, 5.41) is 2.44. The summed E-state index contributed by atoms with van der Waals surface area (Å²) < 4.78 is 13.4. The molecule has 0 saturated heterocycles. The molecular weight excluding hydrogens is 199 g/mol. The van der Waals surface area contributed by atoms with Gasteiger partial charge in [0.1, 0.15) is 5.82 Å². The monoisotopic (exact) mass is 206 g/mol. The number of benzene rings is 1. The minimum Gasteiger partial charge on any atom is -0.323 e. The lowest BCUT2D eigenvalue weighted by molar-refractivity contribution is -0.116. The second kappa shape index (κ2) is 3.63. The van der Waals surface area contributed by atoms with Crippen molar-refractivity contribution in [3.05, 3.63) is 23.5 Å². The van der Waals surface area contributed by atoms with Gasteiger partial charge in [0.05, 0.1) is 11.4 Å². The van der Waals surface area contributed by atoms with E-state index in [1.165, 1.54) is 6.08 Å². The summed E-state index contributed by atoms with van der Waals surface area (Å²) in [4.78, 5) is 24.4. The van der Waals surface area contributed by atoms with Gasteiger partial charge in [-0.25, -0.2) is 9.18 Å². The van der Waals surface area contributed by atoms with Gasteiger partial charge in [-0.15, -0.1) is 0 Å². The van der Waals surface area contributed by atoms with Crippen LogP contribution in [0.4, 0.5) is 15.8 Å². The van der Waals surface area contributed by atoms with E-state index in [1.54, 1.807) is 6.07 Å². The third-order valence-corrected chi connectivity index (χ3v) is 2.22. The fraction of sp³-hybridized carbons (Fsp3) is 0.200. The van der Waals surface area contributed by atoms with Crippen LogP contribution in [0.15, 0.2) is 17.1 Å². The Morgan fingerprint density at radius 2 is 2.20 bits per heavy atom. The first-order chi connectivity index (χ1) is 7.20. The molecule has 1 aliphatic heterocycles. The van der Waals surface area contributed by atoms with Crippen LogP contribution in [0, 0.1) is 5.82 Å². The van der Waals surface area contributed by atoms with Gasteiger partial charge in [0.25, 0.3) is 0 Å². The standard InChI is InChI=1S/C10H7FN2O2/c11-8-4-7(12-5-14)3-6-1-2-9(15)13-10(6)8/h3-4H,1-2H2,(H,13,15). The Labute approximate surface area is 84.8 Å². The molecule has 15 heavy (non-hydrogen) atoms. The van der Waals surface area contributed by atoms with Gasteiger partial charge in [-0.1, -0.05) is 0 Å². The number of halogens is 1. The molecule has 1 aromatic carbocycles. The lowest BCUT2D eigenvalue weighted by atomic mass is 10.0. The van der Waals surface area contributed by atoms with Gasteiger partial charge in [-0.05, 0) is 18.1 Å². The molecule has 4 nitrogen and oxygen atoms in total. The topological polar surface area (TPSA) is 58.5 Å². The molecule has 0 bridgehead atoms. The van der Waals surface area contributed by atoms with Crippen molar-refractivity contribution in [1.29, 1.82) is 0 Å². The van der Waals surface area contributed by atoms with E-state index in [-0.39, 0.29) is 17.3 Å². The number of aryl methyl sites for hydroxylation is 1. The zero-order valence-corrected chi connectivity index (χ0v) is 7.71. The van der Waals surface area contributed by atoms with Crippen LogP contribution >= 0.6 is 0 Å². The smallest absolute Gasteiger partial charge is 0.240 e. The number of hydrogen-bond acceptors (Lipinski definition) is 3. The molecule has 2 rings (SSSR count). The Morgan fingerprint density at radius 1 is 1.40 bits per heavy atom. The molecule has 0 unspecified atom stereocenters. The molecule has 0 radical (unpaired) electrons. The van der Waals surface area contributed by atoms with Crippen LogP contribution in [0.1, 0.15) is 12.0 Å². The van der Waals surface area contributed by atoms with Crippen LogP contribution in [-0.4, -0.2) is 12.0 Å². The molecule has 76 valence electrons. The van der Waals surface area contributed by atoms with Gasteiger partial charge in [0, 0.05) is 12.5 Å². The highest BCUT2D eigenvalue weighted by Crippen LogP contribution is 2.29. The number of aliphatic imine (C=N–C) groups is 1. The zero-order valence-electron chi connectivity index (χ0n) is 7.71. The van der Waals surface area contributed by atoms with Gasteiger partial charge in [0.15, 0.2) is 0 Å². The number of carbonyl (C=O) groups excluding carboxylic acids is 2. The average Bonchev–Trinajstić information content (AvgIpc) is 2.20. The quantitative estimate of drug-likeness (QED) is 0.561. The highest BCUT2D eigenvalue weighted by Gasteiger charge is 2.18. The van der Waals surface area contributed by atoms with Crippen molar-refractivity contribution in [2.75, 3.05) is 5.32 Å². The molecule has 1 N–H and O–H groups in total. The number of rotatable bonds is 1. The van der Waals surface area contributed by atoms with Crippen LogP contribution in [0.25, 0.3) is 0 Å². The lowest BCUT2D eigenvalue weighted by Crippen LogP contribution is -2.20. The minimum atomic E-state index is -0.574. The second-order valence-electron chi connectivity index (χ2n) is 3.21. The van der Waals surface area contributed by atoms with E-state index in [0.717, 1.165) is 6.07 Å². The van der Waals surface area contributed by atoms with E-state index in [0.29, 0.717) is 18.4 Å². The van der Waals surface area contributed by atoms with Crippen molar-refractivity contribution in [3.8, 4) is 0 Å². The molecule has 0 aliphatic carbocycles. The Hall–Kier alpha value is -2.00. The first-order valence-corrected chi connectivity index (χ1v) is 4.41. The van der Waals surface area contributed by atoms with Gasteiger partial charge in [-0.2, -0.15) is 4.99 Å². The van der Waals surface area contributed by atoms with Crippen LogP contribution in [0.3, 0.4) is 0 Å². The molecule has 1 aliphatic rings. The Bertz CT molecular complexity index is 479. The number of fused-ring (bicyclic) bond motifs is 1. The number of nitrogens with one attached hydrogen (secondary N) is 1. The summed E-state index contributed by atoms with van der Waals surface area (Å²) in [7, 11) is 0. The summed E-state index contributed by atoms with van der Waals surface area (Å²) in [5.41, 5.74) is 1.07. The normalized spacial score (nSPS) is 13.8. The van der Waals surface area contributed by atoms with E-state index in [4.69, 9.17) is 0 Å². The minimum absolute atomic E-state index is 0.191. The Kier molecular flexibility index (Phi) is 2.31. The summed E-state index contributed by atoms with van der Waals surface area (Å²) in [5.74, 6) is -0.775. The van der Waals surface area contributed by atoms with Gasteiger partial charge < -0.3 is 5.32 Å². The largest absolute Gasteiger partial charge is 0.323 e. The molecule has 1 amide bonds. The molecular formula is C10H7FN2O2. The fourth-order valence-corrected chi connectivity index (χ4v) is 1.55. The maximum absolute atomic E-state index is 13.4. The molecule has 0 aromatic heterocycles. The number of hydrogen-bond donors (Lipinski definition) is 1. The van der Waals surface area contributed by atoms with Crippen molar-refractivity contribution >= 4 is 23.4 Å². The van der Waals surface area contributed by atoms with Crippen LogP contribution in [0.5, 0.6) is 0 Å². The summed E-state index contributed by atoms with van der Waals surface area (Å²) in [6, 6.07) is 2.66. The predicted molar refractivity (Wildman–Crippen MR) is 51.1 cm³/mol. The van der Waals surface area contributed by atoms with Crippen molar-refractivity contribution in [2.24, 2.45) is 4.99 Å². The summed E-state index contributed by atoms with van der Waals surface area (Å²) in [6.45, 7) is 0. The van der Waals surface area contributed by atoms with Gasteiger partial charge in [-0.3, -0.25) is 4.79 Å². The van der Waals surface area contributed by atoms with Crippen molar-refractivity contribution in [3.63, 3.8) is 0 Å². The maximum Gasteiger partial charge on any atom is 0.240 e. The molecule has 0 saturated carbocycles. The number of nitrogens with zero attached hydrogens (tertiary/aromatic N) is 1.